The first-order chi connectivity index (χ1) is 9.60. The van der Waals surface area contributed by atoms with Crippen LogP contribution in [-0.4, -0.2) is 35.7 Å². The fraction of sp³-hybridized carbons (Fsp3) is 0.312. The van der Waals surface area contributed by atoms with E-state index in [2.05, 4.69) is 21.7 Å². The maximum absolute atomic E-state index is 5.53. The molecule has 110 valence electrons. The molecular formula is C16H20N3OU-. The minimum absolute atomic E-state index is 0. The summed E-state index contributed by atoms with van der Waals surface area (Å²) in [6.45, 7) is 1.95. The van der Waals surface area contributed by atoms with Crippen LogP contribution in [0.2, 0.25) is 0 Å². The number of rotatable bonds is 4. The number of aryl methyl sites for hydroxylation is 1. The third-order valence-corrected chi connectivity index (χ3v) is 3.21. The Hall–Kier alpha value is -1.18. The number of pyridine rings is 1. The summed E-state index contributed by atoms with van der Waals surface area (Å²) >= 11 is 0. The Kier molecular flexibility index (Phi) is 6.57. The SMILES string of the molecule is CC=[C-]/C(=C(/OC)N(C)C)c1cc2ccncc2n1C.[U]. The van der Waals surface area contributed by atoms with Gasteiger partial charge in [-0.05, 0) is 32.6 Å². The summed E-state index contributed by atoms with van der Waals surface area (Å²) in [5, 5.41) is 1.15. The third kappa shape index (κ3) is 3.53. The molecule has 0 spiro atoms. The summed E-state index contributed by atoms with van der Waals surface area (Å²) in [6.07, 6.45) is 8.85. The number of nitrogens with zero attached hydrogens (tertiary/aromatic N) is 3. The largest absolute Gasteiger partial charge is 0.539 e. The van der Waals surface area contributed by atoms with E-state index in [4.69, 9.17) is 4.74 Å². The average Bonchev–Trinajstić information content (AvgIpc) is 2.76. The maximum atomic E-state index is 5.53. The van der Waals surface area contributed by atoms with Crippen molar-refractivity contribution in [2.24, 2.45) is 7.05 Å². The fourth-order valence-electron chi connectivity index (χ4n) is 2.31. The zero-order chi connectivity index (χ0) is 14.7. The summed E-state index contributed by atoms with van der Waals surface area (Å²) in [4.78, 5) is 6.13. The monoisotopic (exact) mass is 508 g/mol. The van der Waals surface area contributed by atoms with Gasteiger partial charge in [0.05, 0.1) is 24.7 Å². The molecule has 5 heteroatoms. The molecule has 0 fully saturated rings. The van der Waals surface area contributed by atoms with Crippen molar-refractivity contribution in [2.45, 2.75) is 6.92 Å². The van der Waals surface area contributed by atoms with Crippen LogP contribution in [0.1, 0.15) is 12.6 Å². The summed E-state index contributed by atoms with van der Waals surface area (Å²) in [6, 6.07) is 4.14. The maximum Gasteiger partial charge on any atom is 0.0828 e. The number of hydrogen-bond donors (Lipinski definition) is 0. The molecule has 0 atom stereocenters. The molecule has 0 aromatic carbocycles. The predicted molar refractivity (Wildman–Crippen MR) is 81.8 cm³/mol. The van der Waals surface area contributed by atoms with Crippen LogP contribution in [0.4, 0.5) is 0 Å². The van der Waals surface area contributed by atoms with Gasteiger partial charge in [0.1, 0.15) is 0 Å². The van der Waals surface area contributed by atoms with Crippen molar-refractivity contribution < 1.29 is 35.9 Å². The van der Waals surface area contributed by atoms with Gasteiger partial charge in [0, 0.05) is 37.3 Å². The molecule has 2 heterocycles. The van der Waals surface area contributed by atoms with Gasteiger partial charge < -0.3 is 14.2 Å². The van der Waals surface area contributed by atoms with Gasteiger partial charge in [-0.3, -0.25) is 4.98 Å². The van der Waals surface area contributed by atoms with Crippen LogP contribution in [0, 0.1) is 37.2 Å². The van der Waals surface area contributed by atoms with E-state index < -0.39 is 0 Å². The Morgan fingerprint density at radius 3 is 2.67 bits per heavy atom. The molecule has 2 rings (SSSR count). The molecule has 2 aromatic rings. The fourth-order valence-corrected chi connectivity index (χ4v) is 2.31. The van der Waals surface area contributed by atoms with Gasteiger partial charge in [0.2, 0.25) is 0 Å². The van der Waals surface area contributed by atoms with Crippen LogP contribution in [0.5, 0.6) is 0 Å². The Labute approximate surface area is 149 Å². The molecule has 0 unspecified atom stereocenters. The van der Waals surface area contributed by atoms with Gasteiger partial charge in [0.25, 0.3) is 0 Å². The van der Waals surface area contributed by atoms with Gasteiger partial charge >= 0.3 is 0 Å². The number of fused-ring (bicyclic) bond motifs is 1. The molecule has 0 bridgehead atoms. The van der Waals surface area contributed by atoms with Crippen molar-refractivity contribution in [3.05, 3.63) is 48.3 Å². The van der Waals surface area contributed by atoms with E-state index in [0.717, 1.165) is 28.1 Å². The second kappa shape index (κ2) is 7.72. The van der Waals surface area contributed by atoms with E-state index in [-0.39, 0.29) is 31.1 Å². The van der Waals surface area contributed by atoms with Crippen LogP contribution < -0.4 is 0 Å². The van der Waals surface area contributed by atoms with Crippen molar-refractivity contribution in [2.75, 3.05) is 21.2 Å². The average molecular weight is 508 g/mol. The second-order valence-electron chi connectivity index (χ2n) is 4.73. The van der Waals surface area contributed by atoms with Crippen LogP contribution in [0.15, 0.2) is 36.5 Å². The standard InChI is InChI=1S/C16H20N3O.U/c1-6-7-13(16(20-5)18(2)3)14-10-12-8-9-17-11-15(12)19(14)4;/h6,8-11H,1-5H3;/q-1;/b16-13-;. The Bertz CT molecular complexity index is 671. The number of allylic oxidation sites excluding steroid dienone is 3. The van der Waals surface area contributed by atoms with Gasteiger partial charge in [-0.1, -0.05) is 18.7 Å². The number of ether oxygens (including phenoxy) is 1. The first kappa shape index (κ1) is 17.9. The van der Waals surface area contributed by atoms with Gasteiger partial charge in [0.15, 0.2) is 0 Å². The Morgan fingerprint density at radius 1 is 1.43 bits per heavy atom. The third-order valence-electron chi connectivity index (χ3n) is 3.21. The summed E-state index contributed by atoms with van der Waals surface area (Å²) in [7, 11) is 7.62. The van der Waals surface area contributed by atoms with Gasteiger partial charge in [-0.2, -0.15) is 6.08 Å². The quantitative estimate of drug-likeness (QED) is 0.362. The topological polar surface area (TPSA) is 30.3 Å². The zero-order valence-corrected chi connectivity index (χ0v) is 17.3. The van der Waals surface area contributed by atoms with E-state index in [1.54, 1.807) is 13.3 Å². The summed E-state index contributed by atoms with van der Waals surface area (Å²) in [5.41, 5.74) is 3.07. The number of aromatic nitrogens is 2. The second-order valence-corrected chi connectivity index (χ2v) is 4.73. The molecule has 0 N–H and O–H groups in total. The molecule has 2 aromatic heterocycles. The first-order valence-electron chi connectivity index (χ1n) is 6.50. The number of methoxy groups -OCH3 is 1. The van der Waals surface area contributed by atoms with Crippen molar-refractivity contribution in [3.63, 3.8) is 0 Å². The molecule has 0 saturated heterocycles. The Balaban J connectivity index is 0.00000220. The van der Waals surface area contributed by atoms with Crippen LogP contribution in [0.3, 0.4) is 0 Å². The molecule has 4 nitrogen and oxygen atoms in total. The minimum atomic E-state index is 0. The number of hydrogen-bond acceptors (Lipinski definition) is 3. The van der Waals surface area contributed by atoms with Crippen LogP contribution in [0.25, 0.3) is 16.5 Å². The smallest absolute Gasteiger partial charge is 0.0828 e. The summed E-state index contributed by atoms with van der Waals surface area (Å²) in [5.74, 6) is 0.780. The molecule has 0 saturated carbocycles. The Morgan fingerprint density at radius 2 is 2.14 bits per heavy atom. The van der Waals surface area contributed by atoms with Gasteiger partial charge in [-0.25, -0.2) is 0 Å². The molecule has 0 aliphatic heterocycles. The first-order valence-corrected chi connectivity index (χ1v) is 6.50. The molecule has 21 heavy (non-hydrogen) atoms. The normalized spacial score (nSPS) is 12.2. The zero-order valence-electron chi connectivity index (χ0n) is 13.1. The van der Waals surface area contributed by atoms with Crippen molar-refractivity contribution in [3.8, 4) is 0 Å². The molecule has 0 amide bonds. The molecular weight excluding hydrogens is 488 g/mol. The molecule has 0 aliphatic carbocycles. The minimum Gasteiger partial charge on any atom is -0.539 e. The van der Waals surface area contributed by atoms with E-state index in [1.165, 1.54) is 0 Å². The van der Waals surface area contributed by atoms with Crippen molar-refractivity contribution in [1.82, 2.24) is 14.5 Å². The van der Waals surface area contributed by atoms with Gasteiger partial charge in [-0.15, -0.1) is 11.6 Å². The van der Waals surface area contributed by atoms with Crippen LogP contribution >= 0.6 is 0 Å². The van der Waals surface area contributed by atoms with Crippen molar-refractivity contribution in [1.29, 1.82) is 0 Å². The molecule has 0 aliphatic rings. The van der Waals surface area contributed by atoms with E-state index >= 15 is 0 Å². The van der Waals surface area contributed by atoms with Crippen molar-refractivity contribution >= 4 is 16.5 Å². The predicted octanol–water partition coefficient (Wildman–Crippen LogP) is 2.83. The molecule has 0 radical (unpaired) electrons. The van der Waals surface area contributed by atoms with E-state index in [0.29, 0.717) is 0 Å². The van der Waals surface area contributed by atoms with Crippen LogP contribution in [-0.2, 0) is 11.8 Å². The van der Waals surface area contributed by atoms with E-state index in [1.807, 2.05) is 51.3 Å². The summed E-state index contributed by atoms with van der Waals surface area (Å²) < 4.78 is 7.63. The van der Waals surface area contributed by atoms with E-state index in [9.17, 15) is 0 Å².